The second-order valence-corrected chi connectivity index (χ2v) is 5.38. The third-order valence-electron chi connectivity index (χ3n) is 3.70. The molecule has 1 heterocycles. The molecule has 1 aromatic rings. The molecule has 0 aliphatic carbocycles. The molecule has 0 spiro atoms. The van der Waals surface area contributed by atoms with Crippen molar-refractivity contribution in [3.05, 3.63) is 29.8 Å². The fourth-order valence-corrected chi connectivity index (χ4v) is 2.61. The van der Waals surface area contributed by atoms with Crippen LogP contribution in [-0.4, -0.2) is 47.2 Å². The van der Waals surface area contributed by atoms with Gasteiger partial charge >= 0.3 is 18.0 Å². The number of carbonyl (C=O) groups excluding carboxylic acids is 2. The van der Waals surface area contributed by atoms with Gasteiger partial charge in [0.2, 0.25) is 0 Å². The Bertz CT molecular complexity index is 590. The summed E-state index contributed by atoms with van der Waals surface area (Å²) in [7, 11) is 0. The quantitative estimate of drug-likeness (QED) is 0.829. The van der Waals surface area contributed by atoms with Crippen LogP contribution in [0.15, 0.2) is 24.3 Å². The fraction of sp³-hybridized carbons (Fsp3) is 0.467. The van der Waals surface area contributed by atoms with Gasteiger partial charge in [-0.25, -0.2) is 0 Å². The van der Waals surface area contributed by atoms with Crippen LogP contribution in [0.2, 0.25) is 0 Å². The Morgan fingerprint density at radius 3 is 2.65 bits per heavy atom. The van der Waals surface area contributed by atoms with Gasteiger partial charge in [-0.3, -0.25) is 9.59 Å². The van der Waals surface area contributed by atoms with Crippen molar-refractivity contribution in [1.29, 1.82) is 0 Å². The second-order valence-electron chi connectivity index (χ2n) is 5.38. The number of hydrogen-bond acceptors (Lipinski definition) is 3. The number of carbonyl (C=O) groups is 2. The minimum absolute atomic E-state index is 0.0390. The van der Waals surface area contributed by atoms with E-state index in [1.165, 1.54) is 29.2 Å². The van der Waals surface area contributed by atoms with Crippen molar-refractivity contribution in [2.24, 2.45) is 0 Å². The highest BCUT2D eigenvalue weighted by Crippen LogP contribution is 2.26. The fourth-order valence-electron chi connectivity index (χ4n) is 2.61. The SMILES string of the molecule is O=C(Nc1ccccc1CC(F)(F)F)C(=O)N1CCC[C@H]1CO. The average molecular weight is 330 g/mol. The van der Waals surface area contributed by atoms with Gasteiger partial charge in [-0.2, -0.15) is 13.2 Å². The lowest BCUT2D eigenvalue weighted by molar-refractivity contribution is -0.144. The third-order valence-corrected chi connectivity index (χ3v) is 3.70. The summed E-state index contributed by atoms with van der Waals surface area (Å²) >= 11 is 0. The predicted octanol–water partition coefficient (Wildman–Crippen LogP) is 1.71. The average Bonchev–Trinajstić information content (AvgIpc) is 2.95. The van der Waals surface area contributed by atoms with Gasteiger partial charge < -0.3 is 15.3 Å². The lowest BCUT2D eigenvalue weighted by Gasteiger charge is -2.22. The predicted molar refractivity (Wildman–Crippen MR) is 76.7 cm³/mol. The Hall–Kier alpha value is -2.09. The summed E-state index contributed by atoms with van der Waals surface area (Å²) in [5.74, 6) is -1.84. The summed E-state index contributed by atoms with van der Waals surface area (Å²) in [6, 6.07) is 5.06. The molecule has 1 atom stereocenters. The number of anilines is 1. The van der Waals surface area contributed by atoms with Gasteiger partial charge in [-0.15, -0.1) is 0 Å². The molecule has 8 heteroatoms. The normalized spacial score (nSPS) is 18.1. The summed E-state index contributed by atoms with van der Waals surface area (Å²) < 4.78 is 37.6. The van der Waals surface area contributed by atoms with Crippen molar-refractivity contribution in [1.82, 2.24) is 4.90 Å². The van der Waals surface area contributed by atoms with E-state index < -0.39 is 30.5 Å². The molecule has 2 N–H and O–H groups in total. The van der Waals surface area contributed by atoms with Crippen LogP contribution in [0.3, 0.4) is 0 Å². The Balaban J connectivity index is 2.10. The first-order chi connectivity index (χ1) is 10.8. The Morgan fingerprint density at radius 1 is 1.30 bits per heavy atom. The lowest BCUT2D eigenvalue weighted by Crippen LogP contribution is -2.44. The molecule has 2 rings (SSSR count). The van der Waals surface area contributed by atoms with E-state index in [-0.39, 0.29) is 17.9 Å². The van der Waals surface area contributed by atoms with Crippen molar-refractivity contribution in [3.63, 3.8) is 0 Å². The number of likely N-dealkylation sites (tertiary alicyclic amines) is 1. The lowest BCUT2D eigenvalue weighted by atomic mass is 10.1. The van der Waals surface area contributed by atoms with E-state index in [2.05, 4.69) is 5.32 Å². The molecule has 1 aliphatic rings. The second kappa shape index (κ2) is 6.99. The Morgan fingerprint density at radius 2 is 2.00 bits per heavy atom. The molecule has 1 saturated heterocycles. The van der Waals surface area contributed by atoms with Crippen LogP contribution in [0.1, 0.15) is 18.4 Å². The van der Waals surface area contributed by atoms with Crippen LogP contribution in [0, 0.1) is 0 Å². The number of halogens is 3. The number of alkyl halides is 3. The molecule has 1 aliphatic heterocycles. The van der Waals surface area contributed by atoms with Gasteiger partial charge in [-0.1, -0.05) is 18.2 Å². The monoisotopic (exact) mass is 330 g/mol. The molecule has 126 valence electrons. The van der Waals surface area contributed by atoms with Gasteiger partial charge in [0, 0.05) is 12.2 Å². The highest BCUT2D eigenvalue weighted by molar-refractivity contribution is 6.39. The molecule has 0 unspecified atom stereocenters. The first-order valence-electron chi connectivity index (χ1n) is 7.19. The van der Waals surface area contributed by atoms with Crippen LogP contribution in [-0.2, 0) is 16.0 Å². The first-order valence-corrected chi connectivity index (χ1v) is 7.19. The molecule has 0 saturated carbocycles. The van der Waals surface area contributed by atoms with E-state index in [0.717, 1.165) is 0 Å². The van der Waals surface area contributed by atoms with Crippen LogP contribution < -0.4 is 5.32 Å². The topological polar surface area (TPSA) is 69.6 Å². The first kappa shape index (κ1) is 17.3. The number of benzene rings is 1. The van der Waals surface area contributed by atoms with Crippen molar-refractivity contribution >= 4 is 17.5 Å². The number of nitrogens with zero attached hydrogens (tertiary/aromatic N) is 1. The van der Waals surface area contributed by atoms with Crippen molar-refractivity contribution in [3.8, 4) is 0 Å². The smallest absolute Gasteiger partial charge is 0.393 e. The zero-order chi connectivity index (χ0) is 17.0. The molecule has 23 heavy (non-hydrogen) atoms. The van der Waals surface area contributed by atoms with E-state index in [4.69, 9.17) is 0 Å². The van der Waals surface area contributed by atoms with E-state index >= 15 is 0 Å². The molecule has 1 aromatic carbocycles. The summed E-state index contributed by atoms with van der Waals surface area (Å²) in [4.78, 5) is 25.4. The van der Waals surface area contributed by atoms with Gasteiger partial charge in [-0.05, 0) is 24.5 Å². The van der Waals surface area contributed by atoms with E-state index in [0.29, 0.717) is 19.4 Å². The highest BCUT2D eigenvalue weighted by atomic mass is 19.4. The van der Waals surface area contributed by atoms with E-state index in [1.54, 1.807) is 0 Å². The standard InChI is InChI=1S/C15H17F3N2O3/c16-15(17,18)8-10-4-1-2-6-12(10)19-13(22)14(23)20-7-3-5-11(20)9-21/h1-2,4,6,11,21H,3,5,7-9H2,(H,19,22)/t11-/m0/s1. The molecule has 0 bridgehead atoms. The minimum Gasteiger partial charge on any atom is -0.394 e. The Kier molecular flexibility index (Phi) is 5.25. The van der Waals surface area contributed by atoms with Crippen molar-refractivity contribution in [2.75, 3.05) is 18.5 Å². The largest absolute Gasteiger partial charge is 0.394 e. The third kappa shape index (κ3) is 4.44. The summed E-state index contributed by atoms with van der Waals surface area (Å²) in [5.41, 5.74) is -0.149. The summed E-state index contributed by atoms with van der Waals surface area (Å²) in [5, 5.41) is 11.4. The number of amides is 2. The minimum atomic E-state index is -4.41. The summed E-state index contributed by atoms with van der Waals surface area (Å²) in [6.45, 7) is 0.103. The number of aliphatic hydroxyl groups excluding tert-OH is 1. The molecule has 0 aromatic heterocycles. The molecule has 1 fully saturated rings. The van der Waals surface area contributed by atoms with Gasteiger partial charge in [0.05, 0.1) is 19.1 Å². The van der Waals surface area contributed by atoms with E-state index in [9.17, 15) is 27.9 Å². The summed E-state index contributed by atoms with van der Waals surface area (Å²) in [6.07, 6.45) is -4.34. The van der Waals surface area contributed by atoms with E-state index in [1.807, 2.05) is 0 Å². The number of hydrogen-bond donors (Lipinski definition) is 2. The zero-order valence-electron chi connectivity index (χ0n) is 12.3. The van der Waals surface area contributed by atoms with Crippen molar-refractivity contribution < 1.29 is 27.9 Å². The molecule has 5 nitrogen and oxygen atoms in total. The Labute approximate surface area is 131 Å². The van der Waals surface area contributed by atoms with Crippen molar-refractivity contribution in [2.45, 2.75) is 31.5 Å². The number of nitrogens with one attached hydrogen (secondary N) is 1. The zero-order valence-corrected chi connectivity index (χ0v) is 12.3. The van der Waals surface area contributed by atoms with Gasteiger partial charge in [0.1, 0.15) is 0 Å². The van der Waals surface area contributed by atoms with Crippen LogP contribution in [0.5, 0.6) is 0 Å². The maximum Gasteiger partial charge on any atom is 0.393 e. The highest BCUT2D eigenvalue weighted by Gasteiger charge is 2.33. The maximum absolute atomic E-state index is 12.5. The van der Waals surface area contributed by atoms with Gasteiger partial charge in [0.15, 0.2) is 0 Å². The van der Waals surface area contributed by atoms with Crippen LogP contribution in [0.4, 0.5) is 18.9 Å². The molecular formula is C15H17F3N2O3. The van der Waals surface area contributed by atoms with Gasteiger partial charge in [0.25, 0.3) is 0 Å². The molecular weight excluding hydrogens is 313 g/mol. The molecule has 2 amide bonds. The van der Waals surface area contributed by atoms with Crippen LogP contribution in [0.25, 0.3) is 0 Å². The number of rotatable bonds is 3. The number of para-hydroxylation sites is 1. The van der Waals surface area contributed by atoms with Crippen LogP contribution >= 0.6 is 0 Å². The maximum atomic E-state index is 12.5. The number of aliphatic hydroxyl groups is 1. The molecule has 0 radical (unpaired) electrons.